The summed E-state index contributed by atoms with van der Waals surface area (Å²) < 4.78 is 4.93. The Bertz CT molecular complexity index is 670. The first-order chi connectivity index (χ1) is 11.4. The monoisotopic (exact) mass is 364 g/mol. The molecule has 0 fully saturated rings. The molecule has 0 heterocycles. The number of carbonyl (C=O) groups is 1. The Hall–Kier alpha value is -1.65. The summed E-state index contributed by atoms with van der Waals surface area (Å²) in [6, 6.07) is 15.3. The van der Waals surface area contributed by atoms with Crippen molar-refractivity contribution in [2.24, 2.45) is 0 Å². The number of carboxylic acids is 1. The van der Waals surface area contributed by atoms with Gasteiger partial charge in [0.2, 0.25) is 0 Å². The first-order valence-electron chi connectivity index (χ1n) is 7.82. The van der Waals surface area contributed by atoms with Gasteiger partial charge in [-0.3, -0.25) is 4.79 Å². The molecule has 0 bridgehead atoms. The van der Waals surface area contributed by atoms with Crippen LogP contribution in [-0.4, -0.2) is 22.4 Å². The number of halogens is 1. The van der Waals surface area contributed by atoms with Gasteiger partial charge in [-0.05, 0) is 55.3 Å². The molecule has 5 heteroatoms. The van der Waals surface area contributed by atoms with E-state index in [0.29, 0.717) is 13.0 Å². The minimum atomic E-state index is -0.809. The molecule has 0 aliphatic rings. The van der Waals surface area contributed by atoms with Crippen LogP contribution in [0.2, 0.25) is 5.02 Å². The fourth-order valence-electron chi connectivity index (χ4n) is 2.07. The van der Waals surface area contributed by atoms with E-state index in [9.17, 15) is 9.90 Å². The van der Waals surface area contributed by atoms with Crippen molar-refractivity contribution in [3.8, 4) is 5.75 Å². The van der Waals surface area contributed by atoms with E-state index in [2.05, 4.69) is 0 Å². The van der Waals surface area contributed by atoms with Crippen LogP contribution in [0.1, 0.15) is 25.8 Å². The average Bonchev–Trinajstić information content (AvgIpc) is 2.58. The Labute approximate surface area is 152 Å². The molecule has 2 rings (SSSR count). The van der Waals surface area contributed by atoms with Gasteiger partial charge in [-0.2, -0.15) is 0 Å². The highest BCUT2D eigenvalue weighted by Gasteiger charge is 2.32. The van der Waals surface area contributed by atoms with Crippen molar-refractivity contribution in [2.75, 3.05) is 6.61 Å². The molecule has 3 nitrogen and oxygen atoms in total. The lowest BCUT2D eigenvalue weighted by Crippen LogP contribution is -2.30. The molecule has 1 unspecified atom stereocenters. The topological polar surface area (TPSA) is 46.5 Å². The lowest BCUT2D eigenvalue weighted by Gasteiger charge is -2.22. The van der Waals surface area contributed by atoms with E-state index in [1.165, 1.54) is 17.3 Å². The van der Waals surface area contributed by atoms with E-state index in [0.717, 1.165) is 22.1 Å². The summed E-state index contributed by atoms with van der Waals surface area (Å²) >= 11 is 7.22. The second-order valence-electron chi connectivity index (χ2n) is 5.69. The van der Waals surface area contributed by atoms with Crippen LogP contribution in [0.4, 0.5) is 0 Å². The molecule has 0 aromatic heterocycles. The van der Waals surface area contributed by atoms with Crippen LogP contribution in [0, 0.1) is 0 Å². The molecule has 1 atom stereocenters. The molecule has 128 valence electrons. The van der Waals surface area contributed by atoms with E-state index in [-0.39, 0.29) is 0 Å². The van der Waals surface area contributed by atoms with Crippen LogP contribution in [-0.2, 0) is 11.2 Å². The largest absolute Gasteiger partial charge is 0.493 e. The second-order valence-corrected chi connectivity index (χ2v) is 7.70. The molecule has 0 saturated heterocycles. The smallest absolute Gasteiger partial charge is 0.319 e. The van der Waals surface area contributed by atoms with Crippen LogP contribution in [0.25, 0.3) is 0 Å². The van der Waals surface area contributed by atoms with E-state index in [1.54, 1.807) is 6.92 Å². The van der Waals surface area contributed by atoms with E-state index >= 15 is 0 Å². The Morgan fingerprint density at radius 2 is 1.79 bits per heavy atom. The second kappa shape index (κ2) is 8.45. The van der Waals surface area contributed by atoms with Crippen LogP contribution < -0.4 is 4.74 Å². The molecule has 2 aromatic rings. The average molecular weight is 365 g/mol. The van der Waals surface area contributed by atoms with Gasteiger partial charge in [-0.15, -0.1) is 11.8 Å². The molecular formula is C19H21ClO3S. The lowest BCUT2D eigenvalue weighted by molar-refractivity contribution is -0.139. The Kier molecular flexibility index (Phi) is 6.58. The van der Waals surface area contributed by atoms with Gasteiger partial charge in [-0.25, -0.2) is 0 Å². The van der Waals surface area contributed by atoms with Crippen molar-refractivity contribution in [3.05, 3.63) is 59.1 Å². The van der Waals surface area contributed by atoms with Gasteiger partial charge < -0.3 is 9.84 Å². The van der Waals surface area contributed by atoms with Gasteiger partial charge in [-0.1, -0.05) is 30.7 Å². The van der Waals surface area contributed by atoms with Gasteiger partial charge >= 0.3 is 5.97 Å². The molecule has 0 aliphatic carbocycles. The van der Waals surface area contributed by atoms with Crippen LogP contribution in [0.5, 0.6) is 5.75 Å². The van der Waals surface area contributed by atoms with Crippen molar-refractivity contribution < 1.29 is 14.6 Å². The number of thioether (sulfide) groups is 1. The van der Waals surface area contributed by atoms with Crippen LogP contribution in [0.15, 0.2) is 53.4 Å². The summed E-state index contributed by atoms with van der Waals surface area (Å²) in [6.45, 7) is 4.21. The van der Waals surface area contributed by atoms with E-state index in [4.69, 9.17) is 16.3 Å². The van der Waals surface area contributed by atoms with Crippen molar-refractivity contribution in [2.45, 2.75) is 36.3 Å². The van der Waals surface area contributed by atoms with Gasteiger partial charge in [0.05, 0.1) is 6.61 Å². The quantitative estimate of drug-likeness (QED) is 0.645. The first-order valence-corrected chi connectivity index (χ1v) is 9.02. The third kappa shape index (κ3) is 5.18. The Morgan fingerprint density at radius 3 is 2.33 bits per heavy atom. The summed E-state index contributed by atoms with van der Waals surface area (Å²) in [7, 11) is 0. The fourth-order valence-corrected chi connectivity index (χ4v) is 3.22. The molecule has 0 radical (unpaired) electrons. The van der Waals surface area contributed by atoms with Gasteiger partial charge in [0.15, 0.2) is 0 Å². The number of hydrogen-bond donors (Lipinski definition) is 1. The van der Waals surface area contributed by atoms with Crippen molar-refractivity contribution in [3.63, 3.8) is 0 Å². The standard InChI is InChI=1S/C19H21ClO3S/c1-3-19(2,18(21)22)24-17-10-8-16(9-11-17)23-13-12-14-4-6-15(20)7-5-14/h4-11H,3,12-13H2,1-2H3,(H,21,22). The van der Waals surface area contributed by atoms with Crippen molar-refractivity contribution in [1.82, 2.24) is 0 Å². The zero-order valence-corrected chi connectivity index (χ0v) is 15.4. The summed E-state index contributed by atoms with van der Waals surface area (Å²) in [6.07, 6.45) is 1.37. The molecule has 0 aliphatic heterocycles. The van der Waals surface area contributed by atoms with Gasteiger partial charge in [0.1, 0.15) is 10.5 Å². The number of rotatable bonds is 8. The highest BCUT2D eigenvalue weighted by molar-refractivity contribution is 8.01. The van der Waals surface area contributed by atoms with Crippen molar-refractivity contribution in [1.29, 1.82) is 0 Å². The lowest BCUT2D eigenvalue weighted by atomic mass is 10.1. The SMILES string of the molecule is CCC(C)(Sc1ccc(OCCc2ccc(Cl)cc2)cc1)C(=O)O. The molecule has 2 aromatic carbocycles. The van der Waals surface area contributed by atoms with Crippen molar-refractivity contribution >= 4 is 29.3 Å². The molecule has 0 amide bonds. The van der Waals surface area contributed by atoms with Gasteiger partial charge in [0.25, 0.3) is 0 Å². The highest BCUT2D eigenvalue weighted by atomic mass is 35.5. The van der Waals surface area contributed by atoms with Crippen LogP contribution in [0.3, 0.4) is 0 Å². The highest BCUT2D eigenvalue weighted by Crippen LogP contribution is 2.36. The summed E-state index contributed by atoms with van der Waals surface area (Å²) in [5, 5.41) is 10.1. The number of hydrogen-bond acceptors (Lipinski definition) is 3. The third-order valence-corrected chi connectivity index (χ3v) is 5.54. The predicted octanol–water partition coefficient (Wildman–Crippen LogP) is 5.31. The minimum absolute atomic E-state index is 0.562. The van der Waals surface area contributed by atoms with E-state index in [1.807, 2.05) is 55.5 Å². The number of carboxylic acid groups (broad SMARTS) is 1. The normalized spacial score (nSPS) is 13.3. The molecule has 0 saturated carbocycles. The maximum Gasteiger partial charge on any atom is 0.319 e. The van der Waals surface area contributed by atoms with E-state index < -0.39 is 10.7 Å². The maximum absolute atomic E-state index is 11.4. The predicted molar refractivity (Wildman–Crippen MR) is 99.3 cm³/mol. The fraction of sp³-hybridized carbons (Fsp3) is 0.316. The Balaban J connectivity index is 1.87. The zero-order valence-electron chi connectivity index (χ0n) is 13.8. The third-order valence-electron chi connectivity index (χ3n) is 3.87. The Morgan fingerprint density at radius 1 is 1.17 bits per heavy atom. The minimum Gasteiger partial charge on any atom is -0.493 e. The molecule has 1 N–H and O–H groups in total. The molecule has 24 heavy (non-hydrogen) atoms. The summed E-state index contributed by atoms with van der Waals surface area (Å²) in [4.78, 5) is 12.3. The summed E-state index contributed by atoms with van der Waals surface area (Å²) in [5.74, 6) is -0.0138. The number of ether oxygens (including phenoxy) is 1. The van der Waals surface area contributed by atoms with Crippen LogP contribution >= 0.6 is 23.4 Å². The molecular weight excluding hydrogens is 344 g/mol. The summed E-state index contributed by atoms with van der Waals surface area (Å²) in [5.41, 5.74) is 1.17. The first kappa shape index (κ1) is 18.7. The molecule has 0 spiro atoms. The zero-order chi connectivity index (χ0) is 17.6. The number of aliphatic carboxylic acids is 1. The number of benzene rings is 2. The maximum atomic E-state index is 11.4. The van der Waals surface area contributed by atoms with Gasteiger partial charge in [0, 0.05) is 16.3 Å².